The third-order valence-corrected chi connectivity index (χ3v) is 1.38. The molecule has 0 unspecified atom stereocenters. The smallest absolute Gasteiger partial charge is 0.193 e. The second-order valence-electron chi connectivity index (χ2n) is 2.11. The molecular weight excluding hydrogens is 149 g/mol. The molecule has 0 fully saturated rings. The summed E-state index contributed by atoms with van der Waals surface area (Å²) in [5.41, 5.74) is 0.252. The van der Waals surface area contributed by atoms with Crippen molar-refractivity contribution in [1.29, 1.82) is 0 Å². The van der Waals surface area contributed by atoms with E-state index in [0.29, 0.717) is 5.39 Å². The number of aromatic nitrogens is 3. The molecule has 2 heterocycles. The third-order valence-electron chi connectivity index (χ3n) is 1.38. The number of H-pyrrole nitrogens is 1. The molecule has 4 nitrogen and oxygen atoms in total. The van der Waals surface area contributed by atoms with Crippen molar-refractivity contribution in [2.24, 2.45) is 0 Å². The van der Waals surface area contributed by atoms with E-state index >= 15 is 0 Å². The average molecular weight is 153 g/mol. The van der Waals surface area contributed by atoms with Crippen molar-refractivity contribution in [1.82, 2.24) is 15.2 Å². The molecule has 0 aliphatic rings. The predicted octanol–water partition coefficient (Wildman–Crippen LogP) is 0.803. The van der Waals surface area contributed by atoms with Gasteiger partial charge in [0.25, 0.3) is 0 Å². The topological polar surface area (TPSA) is 61.8 Å². The van der Waals surface area contributed by atoms with Crippen LogP contribution in [0.2, 0.25) is 0 Å². The fraction of sp³-hybridized carbons (Fsp3) is 0. The van der Waals surface area contributed by atoms with E-state index < -0.39 is 5.95 Å². The lowest BCUT2D eigenvalue weighted by atomic mass is 10.3. The summed E-state index contributed by atoms with van der Waals surface area (Å²) in [6.07, 6.45) is 1.16. The van der Waals surface area contributed by atoms with Crippen LogP contribution in [0.25, 0.3) is 11.0 Å². The lowest BCUT2D eigenvalue weighted by Gasteiger charge is -1.88. The van der Waals surface area contributed by atoms with E-state index in [4.69, 9.17) is 5.11 Å². The summed E-state index contributed by atoms with van der Waals surface area (Å²) in [6, 6.07) is 1.17. The Kier molecular flexibility index (Phi) is 1.06. The Balaban J connectivity index is 2.90. The standard InChI is InChI=1S/C6H4FN3O/c7-5-1-3-4(11)2-8-10-6(3)9-5/h1-2H,(H2,9,10,11). The Hall–Kier alpha value is -1.65. The summed E-state index contributed by atoms with van der Waals surface area (Å²) in [6.45, 7) is 0. The molecule has 2 N–H and O–H groups in total. The summed E-state index contributed by atoms with van der Waals surface area (Å²) < 4.78 is 12.5. The van der Waals surface area contributed by atoms with Crippen LogP contribution in [0.15, 0.2) is 12.3 Å². The zero-order valence-electron chi connectivity index (χ0n) is 5.37. The van der Waals surface area contributed by atoms with Crippen molar-refractivity contribution in [2.45, 2.75) is 0 Å². The molecule has 56 valence electrons. The van der Waals surface area contributed by atoms with Crippen molar-refractivity contribution in [3.8, 4) is 5.75 Å². The monoisotopic (exact) mass is 153 g/mol. The molecule has 2 aromatic rings. The number of nitrogens with zero attached hydrogens (tertiary/aromatic N) is 2. The molecule has 2 aromatic heterocycles. The quantitative estimate of drug-likeness (QED) is 0.588. The van der Waals surface area contributed by atoms with Crippen molar-refractivity contribution in [2.75, 3.05) is 0 Å². The minimum absolute atomic E-state index is 0.0739. The zero-order chi connectivity index (χ0) is 7.84. The maximum absolute atomic E-state index is 12.5. The number of nitrogens with one attached hydrogen (secondary N) is 1. The van der Waals surface area contributed by atoms with E-state index in [9.17, 15) is 4.39 Å². The summed E-state index contributed by atoms with van der Waals surface area (Å²) >= 11 is 0. The van der Waals surface area contributed by atoms with E-state index in [2.05, 4.69) is 15.2 Å². The molecule has 0 amide bonds. The zero-order valence-corrected chi connectivity index (χ0v) is 5.37. The van der Waals surface area contributed by atoms with Crippen molar-refractivity contribution in [3.05, 3.63) is 18.2 Å². The predicted molar refractivity (Wildman–Crippen MR) is 35.5 cm³/mol. The van der Waals surface area contributed by atoms with Gasteiger partial charge in [0.05, 0.1) is 11.6 Å². The molecular formula is C6H4FN3O. The van der Waals surface area contributed by atoms with Gasteiger partial charge in [0.15, 0.2) is 11.6 Å². The highest BCUT2D eigenvalue weighted by atomic mass is 19.1. The first-order valence-corrected chi connectivity index (χ1v) is 2.96. The van der Waals surface area contributed by atoms with E-state index in [-0.39, 0.29) is 11.4 Å². The van der Waals surface area contributed by atoms with Gasteiger partial charge in [-0.05, 0) is 0 Å². The van der Waals surface area contributed by atoms with Crippen LogP contribution in [0.4, 0.5) is 4.39 Å². The Morgan fingerprint density at radius 3 is 3.09 bits per heavy atom. The van der Waals surface area contributed by atoms with Crippen LogP contribution in [0.3, 0.4) is 0 Å². The highest BCUT2D eigenvalue weighted by Gasteiger charge is 2.04. The lowest BCUT2D eigenvalue weighted by Crippen LogP contribution is -1.80. The van der Waals surface area contributed by atoms with Crippen LogP contribution in [-0.2, 0) is 0 Å². The molecule has 0 aliphatic heterocycles. The van der Waals surface area contributed by atoms with Crippen molar-refractivity contribution in [3.63, 3.8) is 0 Å². The van der Waals surface area contributed by atoms with Gasteiger partial charge in [-0.3, -0.25) is 0 Å². The Bertz CT molecular complexity index is 398. The fourth-order valence-electron chi connectivity index (χ4n) is 0.897. The Labute approximate surface area is 60.7 Å². The first kappa shape index (κ1) is 6.09. The second-order valence-corrected chi connectivity index (χ2v) is 2.11. The molecule has 0 atom stereocenters. The highest BCUT2D eigenvalue weighted by Crippen LogP contribution is 2.20. The lowest BCUT2D eigenvalue weighted by molar-refractivity contribution is 0.478. The van der Waals surface area contributed by atoms with E-state index in [0.717, 1.165) is 6.20 Å². The van der Waals surface area contributed by atoms with Crippen LogP contribution in [0.1, 0.15) is 0 Å². The molecule has 0 aromatic carbocycles. The van der Waals surface area contributed by atoms with Crippen molar-refractivity contribution < 1.29 is 9.50 Å². The Morgan fingerprint density at radius 2 is 2.36 bits per heavy atom. The van der Waals surface area contributed by atoms with Crippen LogP contribution in [0, 0.1) is 5.95 Å². The molecule has 5 heteroatoms. The summed E-state index contributed by atoms with van der Waals surface area (Å²) in [5, 5.41) is 16.4. The minimum Gasteiger partial charge on any atom is -0.505 e. The summed E-state index contributed by atoms with van der Waals surface area (Å²) in [7, 11) is 0. The minimum atomic E-state index is -0.532. The van der Waals surface area contributed by atoms with Gasteiger partial charge in [0.2, 0.25) is 0 Å². The van der Waals surface area contributed by atoms with Crippen LogP contribution >= 0.6 is 0 Å². The number of hydrogen-bond donors (Lipinski definition) is 2. The summed E-state index contributed by atoms with van der Waals surface area (Å²) in [5.74, 6) is -0.606. The molecule has 0 saturated carbocycles. The molecule has 0 spiro atoms. The largest absolute Gasteiger partial charge is 0.505 e. The average Bonchev–Trinajstić information content (AvgIpc) is 2.31. The number of hydrogen-bond acceptors (Lipinski definition) is 3. The van der Waals surface area contributed by atoms with Crippen LogP contribution < -0.4 is 0 Å². The van der Waals surface area contributed by atoms with E-state index in [1.54, 1.807) is 0 Å². The summed E-state index contributed by atoms with van der Waals surface area (Å²) in [4.78, 5) is 2.30. The number of aromatic hydroxyl groups is 1. The van der Waals surface area contributed by atoms with Gasteiger partial charge < -0.3 is 10.1 Å². The maximum Gasteiger partial charge on any atom is 0.193 e. The molecule has 2 rings (SSSR count). The first-order chi connectivity index (χ1) is 5.27. The molecule has 11 heavy (non-hydrogen) atoms. The van der Waals surface area contributed by atoms with Crippen LogP contribution in [0.5, 0.6) is 5.75 Å². The van der Waals surface area contributed by atoms with E-state index in [1.165, 1.54) is 6.07 Å². The SMILES string of the molecule is Oc1cnnc2[nH]c(F)cc12. The normalized spacial score (nSPS) is 10.6. The number of halogens is 1. The van der Waals surface area contributed by atoms with Gasteiger partial charge in [0, 0.05) is 6.07 Å². The number of rotatable bonds is 0. The van der Waals surface area contributed by atoms with E-state index in [1.807, 2.05) is 0 Å². The molecule has 0 bridgehead atoms. The van der Waals surface area contributed by atoms with Gasteiger partial charge in [-0.1, -0.05) is 0 Å². The van der Waals surface area contributed by atoms with Gasteiger partial charge in [-0.2, -0.15) is 9.49 Å². The highest BCUT2D eigenvalue weighted by molar-refractivity contribution is 5.81. The van der Waals surface area contributed by atoms with Crippen LogP contribution in [-0.4, -0.2) is 20.3 Å². The van der Waals surface area contributed by atoms with Gasteiger partial charge in [0.1, 0.15) is 5.75 Å². The molecule has 0 aliphatic carbocycles. The van der Waals surface area contributed by atoms with Crippen molar-refractivity contribution >= 4 is 11.0 Å². The van der Waals surface area contributed by atoms with Gasteiger partial charge in [-0.15, -0.1) is 5.10 Å². The second kappa shape index (κ2) is 1.91. The van der Waals surface area contributed by atoms with Gasteiger partial charge >= 0.3 is 0 Å². The molecule has 0 radical (unpaired) electrons. The third kappa shape index (κ3) is 0.813. The number of fused-ring (bicyclic) bond motifs is 1. The molecule has 0 saturated heterocycles. The maximum atomic E-state index is 12.5. The first-order valence-electron chi connectivity index (χ1n) is 2.96. The Morgan fingerprint density at radius 1 is 1.55 bits per heavy atom. The number of aromatic amines is 1. The fourth-order valence-corrected chi connectivity index (χ4v) is 0.897. The van der Waals surface area contributed by atoms with Gasteiger partial charge in [-0.25, -0.2) is 0 Å².